The van der Waals surface area contributed by atoms with Gasteiger partial charge in [0.05, 0.1) is 0 Å². The second-order valence-corrected chi connectivity index (χ2v) is 7.73. The molecular weight excluding hydrogens is 228 g/mol. The third kappa shape index (κ3) is 5.94. The lowest BCUT2D eigenvalue weighted by molar-refractivity contribution is -0.118. The molecule has 0 bridgehead atoms. The second kappa shape index (κ2) is 6.82. The molecule has 0 amide bonds. The van der Waals surface area contributed by atoms with Gasteiger partial charge in [-0.1, -0.05) is 60.2 Å². The van der Waals surface area contributed by atoms with Crippen molar-refractivity contribution >= 4 is 16.9 Å². The van der Waals surface area contributed by atoms with E-state index in [0.717, 1.165) is 25.0 Å². The molecule has 0 radical (unpaired) electrons. The van der Waals surface area contributed by atoms with Crippen LogP contribution in [-0.4, -0.2) is 10.9 Å². The number of carbonyl (C=O) groups excluding carboxylic acids is 1. The molecule has 0 unspecified atom stereocenters. The summed E-state index contributed by atoms with van der Waals surface area (Å²) < 4.78 is 0. The molecule has 0 spiro atoms. The van der Waals surface area contributed by atoms with E-state index in [1.807, 2.05) is 0 Å². The summed E-state index contributed by atoms with van der Waals surface area (Å²) >= 11 is 1.50. The molecular formula is C15H30OS. The van der Waals surface area contributed by atoms with Gasteiger partial charge in [0.2, 0.25) is 0 Å². The summed E-state index contributed by atoms with van der Waals surface area (Å²) in [4.78, 5) is 12.1. The van der Waals surface area contributed by atoms with Crippen LogP contribution in [0.2, 0.25) is 0 Å². The van der Waals surface area contributed by atoms with Crippen molar-refractivity contribution < 1.29 is 4.79 Å². The Morgan fingerprint density at radius 1 is 1.12 bits per heavy atom. The van der Waals surface area contributed by atoms with Crippen molar-refractivity contribution in [2.45, 2.75) is 67.7 Å². The van der Waals surface area contributed by atoms with Crippen LogP contribution < -0.4 is 0 Å². The summed E-state index contributed by atoms with van der Waals surface area (Å²) in [5.74, 6) is 1.62. The summed E-state index contributed by atoms with van der Waals surface area (Å²) in [5, 5.41) is 0.360. The molecule has 102 valence electrons. The Morgan fingerprint density at radius 3 is 2.06 bits per heavy atom. The van der Waals surface area contributed by atoms with Gasteiger partial charge in [-0.3, -0.25) is 4.79 Å². The average Bonchev–Trinajstić information content (AvgIpc) is 2.23. The van der Waals surface area contributed by atoms with Gasteiger partial charge in [-0.15, -0.1) is 0 Å². The molecule has 1 nitrogen and oxygen atoms in total. The van der Waals surface area contributed by atoms with E-state index in [4.69, 9.17) is 0 Å². The van der Waals surface area contributed by atoms with Gasteiger partial charge in [-0.05, 0) is 30.6 Å². The van der Waals surface area contributed by atoms with Crippen molar-refractivity contribution in [1.29, 1.82) is 0 Å². The molecule has 0 heterocycles. The fraction of sp³-hybridized carbons (Fsp3) is 0.933. The Balaban J connectivity index is 4.30. The summed E-state index contributed by atoms with van der Waals surface area (Å²) in [6, 6.07) is 0. The van der Waals surface area contributed by atoms with Gasteiger partial charge >= 0.3 is 0 Å². The monoisotopic (exact) mass is 258 g/mol. The van der Waals surface area contributed by atoms with Gasteiger partial charge in [0.15, 0.2) is 5.12 Å². The zero-order valence-corrected chi connectivity index (χ0v) is 13.5. The van der Waals surface area contributed by atoms with E-state index in [1.165, 1.54) is 11.8 Å². The Kier molecular flexibility index (Phi) is 6.83. The van der Waals surface area contributed by atoms with Crippen LogP contribution in [0.1, 0.15) is 67.7 Å². The molecule has 17 heavy (non-hydrogen) atoms. The van der Waals surface area contributed by atoms with Crippen LogP contribution in [-0.2, 0) is 4.79 Å². The molecule has 0 fully saturated rings. The molecule has 0 saturated heterocycles. The lowest BCUT2D eigenvalue weighted by Gasteiger charge is -2.33. The third-order valence-electron chi connectivity index (χ3n) is 3.95. The molecule has 0 N–H and O–H groups in total. The minimum Gasteiger partial charge on any atom is -0.287 e. The number of hydrogen-bond acceptors (Lipinski definition) is 2. The van der Waals surface area contributed by atoms with E-state index in [-0.39, 0.29) is 5.41 Å². The summed E-state index contributed by atoms with van der Waals surface area (Å²) in [7, 11) is 0. The van der Waals surface area contributed by atoms with Gasteiger partial charge in [0.25, 0.3) is 0 Å². The van der Waals surface area contributed by atoms with E-state index in [2.05, 4.69) is 48.5 Å². The van der Waals surface area contributed by atoms with Crippen molar-refractivity contribution in [3.63, 3.8) is 0 Å². The van der Waals surface area contributed by atoms with Crippen LogP contribution in [0.15, 0.2) is 0 Å². The molecule has 0 saturated carbocycles. The minimum atomic E-state index is -0.175. The SMILES string of the molecule is CCCSC(=O)C(C)(C)CCC(C)(C)C(C)C. The van der Waals surface area contributed by atoms with Gasteiger partial charge < -0.3 is 0 Å². The average molecular weight is 258 g/mol. The molecule has 0 aromatic carbocycles. The van der Waals surface area contributed by atoms with Crippen LogP contribution in [0, 0.1) is 16.7 Å². The zero-order valence-electron chi connectivity index (χ0n) is 12.7. The quantitative estimate of drug-likeness (QED) is 0.628. The van der Waals surface area contributed by atoms with Crippen LogP contribution in [0.5, 0.6) is 0 Å². The highest BCUT2D eigenvalue weighted by atomic mass is 32.2. The number of rotatable bonds is 7. The maximum absolute atomic E-state index is 12.1. The third-order valence-corrected chi connectivity index (χ3v) is 5.37. The van der Waals surface area contributed by atoms with Gasteiger partial charge in [-0.25, -0.2) is 0 Å². The Morgan fingerprint density at radius 2 is 1.65 bits per heavy atom. The first kappa shape index (κ1) is 17.0. The van der Waals surface area contributed by atoms with E-state index in [1.54, 1.807) is 0 Å². The van der Waals surface area contributed by atoms with Crippen LogP contribution in [0.4, 0.5) is 0 Å². The summed E-state index contributed by atoms with van der Waals surface area (Å²) in [5.41, 5.74) is 0.152. The fourth-order valence-corrected chi connectivity index (χ4v) is 2.30. The number of thioether (sulfide) groups is 1. The number of hydrogen-bond donors (Lipinski definition) is 0. The van der Waals surface area contributed by atoms with Crippen molar-refractivity contribution in [1.82, 2.24) is 0 Å². The van der Waals surface area contributed by atoms with Crippen molar-refractivity contribution in [3.05, 3.63) is 0 Å². The normalized spacial score (nSPS) is 13.2. The molecule has 0 rings (SSSR count). The van der Waals surface area contributed by atoms with Crippen molar-refractivity contribution in [2.24, 2.45) is 16.7 Å². The smallest absolute Gasteiger partial charge is 0.194 e. The highest BCUT2D eigenvalue weighted by Gasteiger charge is 2.31. The number of carbonyl (C=O) groups is 1. The van der Waals surface area contributed by atoms with Crippen LogP contribution in [0.25, 0.3) is 0 Å². The predicted octanol–water partition coefficient (Wildman–Crippen LogP) is 5.14. The summed E-state index contributed by atoms with van der Waals surface area (Å²) in [6.45, 7) is 15.4. The molecule has 0 aromatic rings. The first-order chi connectivity index (χ1) is 7.63. The molecule has 0 aromatic heterocycles. The van der Waals surface area contributed by atoms with E-state index >= 15 is 0 Å². The minimum absolute atomic E-state index is 0.175. The highest BCUT2D eigenvalue weighted by Crippen LogP contribution is 2.38. The molecule has 0 aliphatic rings. The van der Waals surface area contributed by atoms with E-state index in [0.29, 0.717) is 16.4 Å². The van der Waals surface area contributed by atoms with Gasteiger partial charge in [0.1, 0.15) is 0 Å². The Hall–Kier alpha value is 0.0200. The first-order valence-corrected chi connectivity index (χ1v) is 7.79. The maximum atomic E-state index is 12.1. The topological polar surface area (TPSA) is 17.1 Å². The molecule has 0 atom stereocenters. The standard InChI is InChI=1S/C15H30OS/c1-8-11-17-13(16)15(6,7)10-9-14(4,5)12(2)3/h12H,8-11H2,1-7H3. The predicted molar refractivity (Wildman–Crippen MR) is 79.4 cm³/mol. The van der Waals surface area contributed by atoms with Gasteiger partial charge in [0, 0.05) is 11.2 Å². The molecule has 0 aliphatic heterocycles. The lowest BCUT2D eigenvalue weighted by Crippen LogP contribution is -2.27. The van der Waals surface area contributed by atoms with Crippen molar-refractivity contribution in [2.75, 3.05) is 5.75 Å². The largest absolute Gasteiger partial charge is 0.287 e. The Bertz CT molecular complexity index is 241. The van der Waals surface area contributed by atoms with E-state index in [9.17, 15) is 4.79 Å². The molecule has 2 heteroatoms. The van der Waals surface area contributed by atoms with Crippen molar-refractivity contribution in [3.8, 4) is 0 Å². The fourth-order valence-electron chi connectivity index (χ4n) is 1.42. The maximum Gasteiger partial charge on any atom is 0.194 e. The second-order valence-electron chi connectivity index (χ2n) is 6.66. The van der Waals surface area contributed by atoms with Gasteiger partial charge in [-0.2, -0.15) is 0 Å². The lowest BCUT2D eigenvalue weighted by atomic mass is 9.73. The van der Waals surface area contributed by atoms with E-state index < -0.39 is 0 Å². The summed E-state index contributed by atoms with van der Waals surface area (Å²) in [6.07, 6.45) is 3.19. The Labute approximate surface area is 112 Å². The zero-order chi connectivity index (χ0) is 13.7. The highest BCUT2D eigenvalue weighted by molar-refractivity contribution is 8.13. The van der Waals surface area contributed by atoms with Crippen LogP contribution in [0.3, 0.4) is 0 Å². The molecule has 0 aliphatic carbocycles. The van der Waals surface area contributed by atoms with Crippen LogP contribution >= 0.6 is 11.8 Å². The first-order valence-electron chi connectivity index (χ1n) is 6.80.